The van der Waals surface area contributed by atoms with Crippen molar-refractivity contribution in [3.63, 3.8) is 0 Å². The van der Waals surface area contributed by atoms with Crippen LogP contribution in [0.15, 0.2) is 64.0 Å². The molecule has 28 heavy (non-hydrogen) atoms. The Morgan fingerprint density at radius 1 is 1.11 bits per heavy atom. The average molecular weight is 377 g/mol. The number of amides is 1. The molecule has 6 nitrogen and oxygen atoms in total. The second kappa shape index (κ2) is 6.77. The molecule has 2 heterocycles. The van der Waals surface area contributed by atoms with Gasteiger partial charge in [0.05, 0.1) is 0 Å². The second-order valence-electron chi connectivity index (χ2n) is 6.47. The molecule has 0 radical (unpaired) electrons. The summed E-state index contributed by atoms with van der Waals surface area (Å²) >= 11 is 0. The molecule has 0 spiro atoms. The average Bonchev–Trinajstić information content (AvgIpc) is 3.11. The van der Waals surface area contributed by atoms with Crippen molar-refractivity contribution in [3.8, 4) is 5.82 Å². The monoisotopic (exact) mass is 377 g/mol. The molecule has 0 saturated carbocycles. The Kier molecular flexibility index (Phi) is 4.27. The van der Waals surface area contributed by atoms with Gasteiger partial charge in [0.2, 0.25) is 0 Å². The molecule has 2 aromatic heterocycles. The van der Waals surface area contributed by atoms with Gasteiger partial charge in [0.25, 0.3) is 11.5 Å². The van der Waals surface area contributed by atoms with Gasteiger partial charge in [-0.3, -0.25) is 14.2 Å². The largest absolute Gasteiger partial charge is 0.360 e. The zero-order valence-electron chi connectivity index (χ0n) is 15.2. The predicted molar refractivity (Wildman–Crippen MR) is 103 cm³/mol. The molecular formula is C21H16FN3O3. The van der Waals surface area contributed by atoms with Crippen LogP contribution in [0.3, 0.4) is 0 Å². The lowest BCUT2D eigenvalue weighted by molar-refractivity contribution is 0.102. The number of halogens is 1. The number of carbonyl (C=O) groups is 1. The van der Waals surface area contributed by atoms with Gasteiger partial charge in [-0.25, -0.2) is 4.39 Å². The summed E-state index contributed by atoms with van der Waals surface area (Å²) in [6.07, 6.45) is 1.58. The fourth-order valence-corrected chi connectivity index (χ4v) is 3.01. The van der Waals surface area contributed by atoms with Crippen LogP contribution < -0.4 is 10.9 Å². The second-order valence-corrected chi connectivity index (χ2v) is 6.47. The van der Waals surface area contributed by atoms with Gasteiger partial charge in [-0.15, -0.1) is 0 Å². The Morgan fingerprint density at radius 3 is 2.64 bits per heavy atom. The Morgan fingerprint density at radius 2 is 1.93 bits per heavy atom. The first-order chi connectivity index (χ1) is 13.4. The number of hydrogen-bond donors (Lipinski definition) is 1. The zero-order chi connectivity index (χ0) is 19.8. The highest BCUT2D eigenvalue weighted by Crippen LogP contribution is 2.22. The van der Waals surface area contributed by atoms with E-state index in [1.165, 1.54) is 22.8 Å². The number of nitrogens with one attached hydrogen (secondary N) is 1. The van der Waals surface area contributed by atoms with Crippen molar-refractivity contribution >= 4 is 22.4 Å². The zero-order valence-corrected chi connectivity index (χ0v) is 15.2. The molecule has 7 heteroatoms. The summed E-state index contributed by atoms with van der Waals surface area (Å²) in [4.78, 5) is 25.4. The van der Waals surface area contributed by atoms with Crippen molar-refractivity contribution in [3.05, 3.63) is 87.8 Å². The third-order valence-electron chi connectivity index (χ3n) is 4.48. The van der Waals surface area contributed by atoms with Gasteiger partial charge >= 0.3 is 0 Å². The Labute approximate surface area is 159 Å². The van der Waals surface area contributed by atoms with Crippen LogP contribution in [0.5, 0.6) is 0 Å². The highest BCUT2D eigenvalue weighted by Gasteiger charge is 2.13. The summed E-state index contributed by atoms with van der Waals surface area (Å²) in [6, 6.07) is 12.6. The molecule has 0 aliphatic carbocycles. The minimum Gasteiger partial charge on any atom is -0.360 e. The molecule has 0 saturated heterocycles. The van der Waals surface area contributed by atoms with E-state index < -0.39 is 0 Å². The maximum Gasteiger partial charge on any atom is 0.264 e. The van der Waals surface area contributed by atoms with E-state index in [0.29, 0.717) is 39.2 Å². The topological polar surface area (TPSA) is 77.1 Å². The third kappa shape index (κ3) is 3.07. The summed E-state index contributed by atoms with van der Waals surface area (Å²) in [6.45, 7) is 3.34. The van der Waals surface area contributed by atoms with E-state index in [4.69, 9.17) is 4.52 Å². The molecule has 0 atom stereocenters. The molecule has 0 fully saturated rings. The number of hydrogen-bond acceptors (Lipinski definition) is 4. The number of fused-ring (bicyclic) bond motifs is 1. The molecule has 4 rings (SSSR count). The van der Waals surface area contributed by atoms with Gasteiger partial charge in [-0.2, -0.15) is 0 Å². The van der Waals surface area contributed by atoms with E-state index in [0.717, 1.165) is 0 Å². The van der Waals surface area contributed by atoms with Gasteiger partial charge < -0.3 is 9.84 Å². The minimum atomic E-state index is -0.382. The van der Waals surface area contributed by atoms with Crippen LogP contribution in [-0.4, -0.2) is 15.6 Å². The first-order valence-corrected chi connectivity index (χ1v) is 8.59. The molecule has 1 N–H and O–H groups in total. The fraction of sp³-hybridized carbons (Fsp3) is 0.0952. The van der Waals surface area contributed by atoms with E-state index in [2.05, 4.69) is 10.5 Å². The first kappa shape index (κ1) is 17.7. The van der Waals surface area contributed by atoms with E-state index >= 15 is 0 Å². The first-order valence-electron chi connectivity index (χ1n) is 8.59. The van der Waals surface area contributed by atoms with Crippen molar-refractivity contribution in [1.29, 1.82) is 0 Å². The van der Waals surface area contributed by atoms with Crippen LogP contribution in [-0.2, 0) is 0 Å². The van der Waals surface area contributed by atoms with Crippen molar-refractivity contribution in [2.24, 2.45) is 0 Å². The summed E-state index contributed by atoms with van der Waals surface area (Å²) in [5.41, 5.74) is 0.934. The van der Waals surface area contributed by atoms with Crippen molar-refractivity contribution < 1.29 is 13.7 Å². The molecule has 0 aliphatic heterocycles. The highest BCUT2D eigenvalue weighted by molar-refractivity contribution is 6.09. The van der Waals surface area contributed by atoms with E-state index in [1.807, 2.05) is 0 Å². The van der Waals surface area contributed by atoms with Gasteiger partial charge in [0, 0.05) is 34.3 Å². The van der Waals surface area contributed by atoms with Crippen LogP contribution in [0.2, 0.25) is 0 Å². The quantitative estimate of drug-likeness (QED) is 0.586. The molecule has 0 aliphatic rings. The SMILES string of the molecule is Cc1cc(-n2ccc3c(NC(=O)c4ccc(F)c(C)c4)cccc3c2=O)no1. The number of rotatable bonds is 3. The van der Waals surface area contributed by atoms with E-state index in [1.54, 1.807) is 50.4 Å². The van der Waals surface area contributed by atoms with Crippen molar-refractivity contribution in [2.45, 2.75) is 13.8 Å². The van der Waals surface area contributed by atoms with Gasteiger partial charge in [0.15, 0.2) is 5.82 Å². The lowest BCUT2D eigenvalue weighted by Gasteiger charge is -2.10. The molecule has 2 aromatic carbocycles. The number of pyridine rings is 1. The number of benzene rings is 2. The van der Waals surface area contributed by atoms with Crippen molar-refractivity contribution in [2.75, 3.05) is 5.32 Å². The molecule has 4 aromatic rings. The maximum absolute atomic E-state index is 13.4. The number of carbonyl (C=O) groups excluding carboxylic acids is 1. The molecule has 0 unspecified atom stereocenters. The number of aromatic nitrogens is 2. The third-order valence-corrected chi connectivity index (χ3v) is 4.48. The van der Waals surface area contributed by atoms with Crippen LogP contribution in [0.4, 0.5) is 10.1 Å². The minimum absolute atomic E-state index is 0.278. The Hall–Kier alpha value is -3.74. The van der Waals surface area contributed by atoms with Crippen LogP contribution in [0.25, 0.3) is 16.6 Å². The molecule has 1 amide bonds. The van der Waals surface area contributed by atoms with Crippen LogP contribution in [0, 0.1) is 19.7 Å². The lowest BCUT2D eigenvalue weighted by atomic mass is 10.1. The predicted octanol–water partition coefficient (Wildman–Crippen LogP) is 3.99. The number of nitrogens with zero attached hydrogens (tertiary/aromatic N) is 2. The fourth-order valence-electron chi connectivity index (χ4n) is 3.01. The van der Waals surface area contributed by atoms with Gasteiger partial charge in [-0.05, 0) is 55.8 Å². The highest BCUT2D eigenvalue weighted by atomic mass is 19.1. The molecule has 140 valence electrons. The van der Waals surface area contributed by atoms with Crippen molar-refractivity contribution in [1.82, 2.24) is 9.72 Å². The molecule has 0 bridgehead atoms. The summed E-state index contributed by atoms with van der Waals surface area (Å²) in [7, 11) is 0. The normalized spacial score (nSPS) is 11.0. The lowest BCUT2D eigenvalue weighted by Crippen LogP contribution is -2.19. The number of anilines is 1. The summed E-state index contributed by atoms with van der Waals surface area (Å²) < 4.78 is 19.9. The standard InChI is InChI=1S/C21H16FN3O3/c1-12-10-14(6-7-17(12)22)20(26)23-18-5-3-4-16-15(18)8-9-25(21(16)27)19-11-13(2)28-24-19/h3-11H,1-2H3,(H,23,26). The van der Waals surface area contributed by atoms with E-state index in [-0.39, 0.29) is 17.3 Å². The van der Waals surface area contributed by atoms with Crippen LogP contribution in [0.1, 0.15) is 21.7 Å². The Bertz CT molecular complexity index is 1270. The van der Waals surface area contributed by atoms with E-state index in [9.17, 15) is 14.0 Å². The van der Waals surface area contributed by atoms with Gasteiger partial charge in [0.1, 0.15) is 11.6 Å². The maximum atomic E-state index is 13.4. The van der Waals surface area contributed by atoms with Crippen LogP contribution >= 0.6 is 0 Å². The number of aryl methyl sites for hydroxylation is 2. The summed E-state index contributed by atoms with van der Waals surface area (Å²) in [5.74, 6) is 0.232. The Balaban J connectivity index is 1.74. The summed E-state index contributed by atoms with van der Waals surface area (Å²) in [5, 5.41) is 7.68. The smallest absolute Gasteiger partial charge is 0.264 e. The molecular weight excluding hydrogens is 361 g/mol. The van der Waals surface area contributed by atoms with Gasteiger partial charge in [-0.1, -0.05) is 11.2 Å².